The number of pyridine rings is 2. The molecular formula is C24H20N2O8. The van der Waals surface area contributed by atoms with Crippen LogP contribution in [0.5, 0.6) is 0 Å². The fraction of sp³-hybridized carbons (Fsp3) is 0.292. The summed E-state index contributed by atoms with van der Waals surface area (Å²) in [5.41, 5.74) is 0.756. The second kappa shape index (κ2) is 7.49. The van der Waals surface area contributed by atoms with E-state index in [0.717, 1.165) is 0 Å². The van der Waals surface area contributed by atoms with Crippen LogP contribution in [0.1, 0.15) is 47.9 Å². The normalized spacial score (nSPS) is 19.2. The Morgan fingerprint density at radius 1 is 1.21 bits per heavy atom. The Kier molecular flexibility index (Phi) is 4.80. The predicted molar refractivity (Wildman–Crippen MR) is 117 cm³/mol. The maximum atomic E-state index is 13.2. The highest BCUT2D eigenvalue weighted by Crippen LogP contribution is 2.39. The number of carbonyl (C=O) groups is 3. The zero-order valence-corrected chi connectivity index (χ0v) is 18.1. The number of carbonyl (C=O) groups excluding carboxylic acids is 1. The van der Waals surface area contributed by atoms with Crippen molar-refractivity contribution in [1.82, 2.24) is 9.55 Å². The topological polar surface area (TPSA) is 156 Å². The molecule has 0 amide bonds. The second-order valence-electron chi connectivity index (χ2n) is 8.54. The van der Waals surface area contributed by atoms with E-state index in [1.54, 1.807) is 31.2 Å². The number of hydrogen-bond donors (Lipinski definition) is 3. The van der Waals surface area contributed by atoms with Crippen LogP contribution in [0.15, 0.2) is 35.1 Å². The van der Waals surface area contributed by atoms with Gasteiger partial charge in [-0.25, -0.2) is 9.78 Å². The zero-order valence-electron chi connectivity index (χ0n) is 18.1. The summed E-state index contributed by atoms with van der Waals surface area (Å²) < 4.78 is 6.58. The molecule has 2 unspecified atom stereocenters. The Morgan fingerprint density at radius 3 is 2.65 bits per heavy atom. The van der Waals surface area contributed by atoms with Gasteiger partial charge < -0.3 is 24.6 Å². The molecule has 174 valence electrons. The number of carboxylic acid groups (broad SMARTS) is 2. The monoisotopic (exact) mass is 464 g/mol. The zero-order chi connectivity index (χ0) is 24.4. The van der Waals surface area contributed by atoms with Crippen LogP contribution in [-0.4, -0.2) is 42.8 Å². The molecule has 0 radical (unpaired) electrons. The molecule has 2 atom stereocenters. The summed E-state index contributed by atoms with van der Waals surface area (Å²) in [5.74, 6) is -4.45. The van der Waals surface area contributed by atoms with E-state index < -0.39 is 35.8 Å². The molecule has 10 nitrogen and oxygen atoms in total. The average molecular weight is 464 g/mol. The lowest BCUT2D eigenvalue weighted by atomic mass is 9.86. The third-order valence-corrected chi connectivity index (χ3v) is 6.61. The van der Waals surface area contributed by atoms with E-state index in [1.807, 2.05) is 0 Å². The standard InChI is InChI=1S/C24H20N2O8/c1-2-24(33)16-8-18-20-13(9-26(18)21(29)15(16)10-34-23(24)32)6-12-5-11(3-4-17(12)25-20)14(22(30)31)7-19(27)28/h3-6,8,14,33H,2,7,9-10H2,1H3,(H,27,28)(H,30,31). The molecule has 2 aliphatic heterocycles. The Morgan fingerprint density at radius 2 is 1.97 bits per heavy atom. The number of aliphatic carboxylic acids is 2. The van der Waals surface area contributed by atoms with Gasteiger partial charge >= 0.3 is 17.9 Å². The molecule has 34 heavy (non-hydrogen) atoms. The highest BCUT2D eigenvalue weighted by atomic mass is 16.6. The minimum atomic E-state index is -1.91. The number of aromatic nitrogens is 2. The summed E-state index contributed by atoms with van der Waals surface area (Å²) in [6.45, 7) is 1.62. The van der Waals surface area contributed by atoms with E-state index in [1.165, 1.54) is 10.6 Å². The van der Waals surface area contributed by atoms with Gasteiger partial charge in [0.15, 0.2) is 5.60 Å². The Bertz CT molecular complexity index is 1470. The van der Waals surface area contributed by atoms with Crippen LogP contribution in [-0.2, 0) is 37.9 Å². The first-order valence-electron chi connectivity index (χ1n) is 10.7. The SMILES string of the molecule is CCC1(O)C(=O)OCc2c1cc1n(c2=O)Cc2cc3cc(C(CC(=O)O)C(=O)O)ccc3nc2-1. The van der Waals surface area contributed by atoms with Crippen molar-refractivity contribution in [2.45, 2.75) is 44.4 Å². The Labute approximate surface area is 192 Å². The molecular weight excluding hydrogens is 444 g/mol. The second-order valence-corrected chi connectivity index (χ2v) is 8.54. The van der Waals surface area contributed by atoms with Crippen molar-refractivity contribution in [2.24, 2.45) is 0 Å². The first-order valence-corrected chi connectivity index (χ1v) is 10.7. The number of benzene rings is 1. The number of cyclic esters (lactones) is 1. The maximum absolute atomic E-state index is 13.2. The molecule has 2 aromatic heterocycles. The molecule has 0 bridgehead atoms. The van der Waals surface area contributed by atoms with E-state index in [2.05, 4.69) is 4.98 Å². The smallest absolute Gasteiger partial charge is 0.343 e. The number of nitrogens with zero attached hydrogens (tertiary/aromatic N) is 2. The molecule has 5 rings (SSSR count). The summed E-state index contributed by atoms with van der Waals surface area (Å²) >= 11 is 0. The third kappa shape index (κ3) is 3.10. The quantitative estimate of drug-likeness (QED) is 0.374. The van der Waals surface area contributed by atoms with Crippen LogP contribution >= 0.6 is 0 Å². The predicted octanol–water partition coefficient (Wildman–Crippen LogP) is 1.72. The molecule has 4 heterocycles. The molecule has 3 N–H and O–H groups in total. The number of carboxylic acids is 2. The highest BCUT2D eigenvalue weighted by Gasteiger charge is 2.45. The van der Waals surface area contributed by atoms with Gasteiger partial charge in [-0.1, -0.05) is 13.0 Å². The van der Waals surface area contributed by atoms with Crippen LogP contribution in [0.25, 0.3) is 22.3 Å². The van der Waals surface area contributed by atoms with E-state index in [9.17, 15) is 29.4 Å². The van der Waals surface area contributed by atoms with Gasteiger partial charge in [-0.05, 0) is 36.2 Å². The number of hydrogen-bond acceptors (Lipinski definition) is 7. The Balaban J connectivity index is 1.65. The minimum Gasteiger partial charge on any atom is -0.481 e. The van der Waals surface area contributed by atoms with E-state index in [4.69, 9.17) is 9.84 Å². The summed E-state index contributed by atoms with van der Waals surface area (Å²) in [7, 11) is 0. The van der Waals surface area contributed by atoms with Crippen LogP contribution < -0.4 is 5.56 Å². The van der Waals surface area contributed by atoms with Crippen LogP contribution in [0, 0.1) is 0 Å². The first kappa shape index (κ1) is 21.8. The first-order chi connectivity index (χ1) is 16.1. The molecule has 1 aromatic carbocycles. The van der Waals surface area contributed by atoms with Gasteiger partial charge in [0.1, 0.15) is 6.61 Å². The van der Waals surface area contributed by atoms with Crippen molar-refractivity contribution in [3.8, 4) is 11.4 Å². The molecule has 10 heteroatoms. The summed E-state index contributed by atoms with van der Waals surface area (Å²) in [6, 6.07) is 8.16. The van der Waals surface area contributed by atoms with Gasteiger partial charge in [0.05, 0.1) is 41.4 Å². The maximum Gasteiger partial charge on any atom is 0.343 e. The van der Waals surface area contributed by atoms with Gasteiger partial charge in [-0.15, -0.1) is 0 Å². The van der Waals surface area contributed by atoms with E-state index in [0.29, 0.717) is 33.4 Å². The molecule has 0 aliphatic carbocycles. The minimum absolute atomic E-state index is 0.0452. The van der Waals surface area contributed by atoms with Crippen molar-refractivity contribution >= 4 is 28.8 Å². The lowest BCUT2D eigenvalue weighted by Gasteiger charge is -2.31. The summed E-state index contributed by atoms with van der Waals surface area (Å²) in [6.07, 6.45) is -0.504. The number of aliphatic hydroxyl groups is 1. The molecule has 0 fully saturated rings. The number of esters is 1. The van der Waals surface area contributed by atoms with Gasteiger partial charge in [-0.3, -0.25) is 14.4 Å². The fourth-order valence-corrected chi connectivity index (χ4v) is 4.74. The third-order valence-electron chi connectivity index (χ3n) is 6.61. The molecule has 3 aromatic rings. The van der Waals surface area contributed by atoms with Crippen LogP contribution in [0.2, 0.25) is 0 Å². The van der Waals surface area contributed by atoms with Gasteiger partial charge in [0.25, 0.3) is 5.56 Å². The van der Waals surface area contributed by atoms with E-state index >= 15 is 0 Å². The average Bonchev–Trinajstić information content (AvgIpc) is 3.16. The molecule has 2 aliphatic rings. The number of ether oxygens (including phenoxy) is 1. The molecule has 0 saturated carbocycles. The molecule has 0 spiro atoms. The van der Waals surface area contributed by atoms with Crippen molar-refractivity contribution in [3.05, 3.63) is 62.9 Å². The Hall–Kier alpha value is -4.05. The van der Waals surface area contributed by atoms with Gasteiger partial charge in [0, 0.05) is 16.5 Å². The van der Waals surface area contributed by atoms with Crippen molar-refractivity contribution in [1.29, 1.82) is 0 Å². The van der Waals surface area contributed by atoms with Crippen LogP contribution in [0.4, 0.5) is 0 Å². The number of fused-ring (bicyclic) bond motifs is 5. The summed E-state index contributed by atoms with van der Waals surface area (Å²) in [4.78, 5) is 52.8. The lowest BCUT2D eigenvalue weighted by Crippen LogP contribution is -2.44. The van der Waals surface area contributed by atoms with Crippen molar-refractivity contribution in [3.63, 3.8) is 0 Å². The van der Waals surface area contributed by atoms with E-state index in [-0.39, 0.29) is 36.3 Å². The number of rotatable bonds is 5. The highest BCUT2D eigenvalue weighted by molar-refractivity contribution is 5.88. The fourth-order valence-electron chi connectivity index (χ4n) is 4.74. The summed E-state index contributed by atoms with van der Waals surface area (Å²) in [5, 5.41) is 30.1. The van der Waals surface area contributed by atoms with Crippen molar-refractivity contribution in [2.75, 3.05) is 0 Å². The van der Waals surface area contributed by atoms with Crippen molar-refractivity contribution < 1.29 is 34.4 Å². The largest absolute Gasteiger partial charge is 0.481 e. The lowest BCUT2D eigenvalue weighted by molar-refractivity contribution is -0.172. The van der Waals surface area contributed by atoms with Gasteiger partial charge in [-0.2, -0.15) is 0 Å². The van der Waals surface area contributed by atoms with Crippen LogP contribution in [0.3, 0.4) is 0 Å². The molecule has 0 saturated heterocycles. The van der Waals surface area contributed by atoms with Gasteiger partial charge in [0.2, 0.25) is 0 Å².